The van der Waals surface area contributed by atoms with Gasteiger partial charge in [0.25, 0.3) is 0 Å². The van der Waals surface area contributed by atoms with Crippen molar-refractivity contribution in [1.29, 1.82) is 0 Å². The smallest absolute Gasteiger partial charge is 0.0620 e. The van der Waals surface area contributed by atoms with E-state index in [1.54, 1.807) is 0 Å². The molecule has 0 radical (unpaired) electrons. The fourth-order valence-corrected chi connectivity index (χ4v) is 2.37. The molecule has 1 N–H and O–H groups in total. The number of rotatable bonds is 4. The topological polar surface area (TPSA) is 24.5 Å². The van der Waals surface area contributed by atoms with E-state index in [0.717, 1.165) is 19.8 Å². The lowest BCUT2D eigenvalue weighted by atomic mass is 10.1. The molecule has 1 atom stereocenters. The minimum Gasteiger partial charge on any atom is -0.379 e. The van der Waals surface area contributed by atoms with Crippen LogP contribution in [-0.2, 0) is 4.74 Å². The Morgan fingerprint density at radius 1 is 1.29 bits per heavy atom. The molecule has 0 aromatic carbocycles. The zero-order chi connectivity index (χ0) is 9.64. The van der Waals surface area contributed by atoms with Gasteiger partial charge >= 0.3 is 0 Å². The number of nitrogens with one attached hydrogen (secondary N) is 1. The standard InChI is InChI=1S/C11H22N2O/c1-2-7-13(6-1)8-3-4-11-10-14-9-5-12-11/h11-12H,1-10H2. The summed E-state index contributed by atoms with van der Waals surface area (Å²) in [6.07, 6.45) is 5.41. The zero-order valence-electron chi connectivity index (χ0n) is 9.00. The summed E-state index contributed by atoms with van der Waals surface area (Å²) >= 11 is 0. The Balaban J connectivity index is 1.52. The highest BCUT2D eigenvalue weighted by Gasteiger charge is 2.14. The van der Waals surface area contributed by atoms with Gasteiger partial charge in [0.2, 0.25) is 0 Å². The third-order valence-electron chi connectivity index (χ3n) is 3.22. The number of morpholine rings is 1. The molecule has 82 valence electrons. The van der Waals surface area contributed by atoms with Gasteiger partial charge < -0.3 is 15.0 Å². The van der Waals surface area contributed by atoms with Crippen LogP contribution in [-0.4, -0.2) is 50.3 Å². The molecule has 3 nitrogen and oxygen atoms in total. The number of hydrogen-bond acceptors (Lipinski definition) is 3. The summed E-state index contributed by atoms with van der Waals surface area (Å²) in [5.41, 5.74) is 0. The Hall–Kier alpha value is -0.120. The van der Waals surface area contributed by atoms with E-state index in [0.29, 0.717) is 6.04 Å². The van der Waals surface area contributed by atoms with Crippen LogP contribution in [0.2, 0.25) is 0 Å². The summed E-state index contributed by atoms with van der Waals surface area (Å²) in [5.74, 6) is 0. The van der Waals surface area contributed by atoms with E-state index >= 15 is 0 Å². The van der Waals surface area contributed by atoms with E-state index in [1.807, 2.05) is 0 Å². The molecule has 0 bridgehead atoms. The fourth-order valence-electron chi connectivity index (χ4n) is 2.37. The van der Waals surface area contributed by atoms with Crippen LogP contribution in [0.3, 0.4) is 0 Å². The summed E-state index contributed by atoms with van der Waals surface area (Å²) in [5, 5.41) is 3.50. The molecule has 0 amide bonds. The maximum absolute atomic E-state index is 5.43. The third kappa shape index (κ3) is 3.23. The van der Waals surface area contributed by atoms with E-state index in [1.165, 1.54) is 45.3 Å². The summed E-state index contributed by atoms with van der Waals surface area (Å²) in [6.45, 7) is 6.79. The molecule has 2 fully saturated rings. The second-order valence-corrected chi connectivity index (χ2v) is 4.42. The van der Waals surface area contributed by atoms with Crippen molar-refractivity contribution in [3.8, 4) is 0 Å². The lowest BCUT2D eigenvalue weighted by Crippen LogP contribution is -2.41. The predicted octanol–water partition coefficient (Wildman–Crippen LogP) is 0.851. The molecule has 0 saturated carbocycles. The molecule has 2 saturated heterocycles. The number of hydrogen-bond donors (Lipinski definition) is 1. The molecule has 0 aliphatic carbocycles. The van der Waals surface area contributed by atoms with Gasteiger partial charge in [0.15, 0.2) is 0 Å². The first-order valence-corrected chi connectivity index (χ1v) is 5.98. The molecule has 0 aromatic rings. The average molecular weight is 198 g/mol. The van der Waals surface area contributed by atoms with Crippen molar-refractivity contribution >= 4 is 0 Å². The first-order valence-electron chi connectivity index (χ1n) is 5.98. The van der Waals surface area contributed by atoms with E-state index in [4.69, 9.17) is 4.74 Å². The zero-order valence-corrected chi connectivity index (χ0v) is 9.00. The molecule has 2 aliphatic heterocycles. The van der Waals surface area contributed by atoms with Crippen LogP contribution in [0, 0.1) is 0 Å². The molecular formula is C11H22N2O. The Labute approximate surface area is 86.8 Å². The minimum absolute atomic E-state index is 0.617. The Kier molecular flexibility index (Phi) is 4.22. The van der Waals surface area contributed by atoms with Gasteiger partial charge in [-0.1, -0.05) is 0 Å². The van der Waals surface area contributed by atoms with E-state index < -0.39 is 0 Å². The van der Waals surface area contributed by atoms with Crippen LogP contribution in [0.15, 0.2) is 0 Å². The first-order chi connectivity index (χ1) is 6.95. The maximum atomic E-state index is 5.43. The highest BCUT2D eigenvalue weighted by molar-refractivity contribution is 4.72. The fraction of sp³-hybridized carbons (Fsp3) is 1.00. The van der Waals surface area contributed by atoms with Crippen molar-refractivity contribution in [2.24, 2.45) is 0 Å². The van der Waals surface area contributed by atoms with Crippen LogP contribution in [0.5, 0.6) is 0 Å². The van der Waals surface area contributed by atoms with E-state index in [2.05, 4.69) is 10.2 Å². The number of ether oxygens (including phenoxy) is 1. The van der Waals surface area contributed by atoms with Gasteiger partial charge in [0.1, 0.15) is 0 Å². The molecular weight excluding hydrogens is 176 g/mol. The molecule has 0 aromatic heterocycles. The van der Waals surface area contributed by atoms with Crippen LogP contribution >= 0.6 is 0 Å². The van der Waals surface area contributed by atoms with E-state index in [9.17, 15) is 0 Å². The molecule has 2 heterocycles. The van der Waals surface area contributed by atoms with E-state index in [-0.39, 0.29) is 0 Å². The number of likely N-dealkylation sites (tertiary alicyclic amines) is 1. The first kappa shape index (κ1) is 10.4. The molecule has 0 spiro atoms. The number of nitrogens with zero attached hydrogens (tertiary/aromatic N) is 1. The van der Waals surface area contributed by atoms with Crippen molar-refractivity contribution in [2.75, 3.05) is 39.4 Å². The van der Waals surface area contributed by atoms with Gasteiger partial charge in [-0.3, -0.25) is 0 Å². The Bertz CT molecular complexity index is 151. The average Bonchev–Trinajstić information content (AvgIpc) is 2.72. The molecule has 2 aliphatic rings. The van der Waals surface area contributed by atoms with Crippen LogP contribution in [0.1, 0.15) is 25.7 Å². The summed E-state index contributed by atoms with van der Waals surface area (Å²) in [6, 6.07) is 0.617. The lowest BCUT2D eigenvalue weighted by Gasteiger charge is -2.24. The summed E-state index contributed by atoms with van der Waals surface area (Å²) in [7, 11) is 0. The highest BCUT2D eigenvalue weighted by Crippen LogP contribution is 2.09. The molecule has 2 rings (SSSR count). The van der Waals surface area contributed by atoms with Crippen LogP contribution < -0.4 is 5.32 Å². The summed E-state index contributed by atoms with van der Waals surface area (Å²) in [4.78, 5) is 2.59. The normalized spacial score (nSPS) is 29.6. The minimum atomic E-state index is 0.617. The Morgan fingerprint density at radius 2 is 2.14 bits per heavy atom. The van der Waals surface area contributed by atoms with Gasteiger partial charge in [0.05, 0.1) is 13.2 Å². The van der Waals surface area contributed by atoms with Crippen LogP contribution in [0.25, 0.3) is 0 Å². The van der Waals surface area contributed by atoms with Crippen molar-refractivity contribution in [2.45, 2.75) is 31.7 Å². The van der Waals surface area contributed by atoms with Gasteiger partial charge in [-0.2, -0.15) is 0 Å². The monoisotopic (exact) mass is 198 g/mol. The SMILES string of the molecule is C1CCN(CCCC2COCCN2)C1. The Morgan fingerprint density at radius 3 is 2.86 bits per heavy atom. The van der Waals surface area contributed by atoms with Gasteiger partial charge in [-0.15, -0.1) is 0 Å². The van der Waals surface area contributed by atoms with Gasteiger partial charge in [-0.05, 0) is 45.3 Å². The van der Waals surface area contributed by atoms with Crippen LogP contribution in [0.4, 0.5) is 0 Å². The summed E-state index contributed by atoms with van der Waals surface area (Å²) < 4.78 is 5.43. The van der Waals surface area contributed by atoms with Gasteiger partial charge in [0, 0.05) is 12.6 Å². The van der Waals surface area contributed by atoms with Crippen molar-refractivity contribution in [3.05, 3.63) is 0 Å². The largest absolute Gasteiger partial charge is 0.379 e. The molecule has 1 unspecified atom stereocenters. The van der Waals surface area contributed by atoms with Crippen molar-refractivity contribution in [1.82, 2.24) is 10.2 Å². The molecule has 3 heteroatoms. The van der Waals surface area contributed by atoms with Crippen molar-refractivity contribution < 1.29 is 4.74 Å². The maximum Gasteiger partial charge on any atom is 0.0620 e. The second kappa shape index (κ2) is 5.69. The van der Waals surface area contributed by atoms with Gasteiger partial charge in [-0.25, -0.2) is 0 Å². The quantitative estimate of drug-likeness (QED) is 0.725. The third-order valence-corrected chi connectivity index (χ3v) is 3.22. The predicted molar refractivity (Wildman–Crippen MR) is 57.5 cm³/mol. The van der Waals surface area contributed by atoms with Crippen molar-refractivity contribution in [3.63, 3.8) is 0 Å². The highest BCUT2D eigenvalue weighted by atomic mass is 16.5. The molecule has 14 heavy (non-hydrogen) atoms. The lowest BCUT2D eigenvalue weighted by molar-refractivity contribution is 0.0727. The second-order valence-electron chi connectivity index (χ2n) is 4.42.